The molecule has 0 aliphatic heterocycles. The Morgan fingerprint density at radius 2 is 2.00 bits per heavy atom. The van der Waals surface area contributed by atoms with Crippen LogP contribution in [0.15, 0.2) is 57.6 Å². The van der Waals surface area contributed by atoms with Crippen LogP contribution in [0.2, 0.25) is 0 Å². The monoisotopic (exact) mass is 371 g/mol. The summed E-state index contributed by atoms with van der Waals surface area (Å²) in [6, 6.07) is 13.8. The van der Waals surface area contributed by atoms with Crippen molar-refractivity contribution in [1.82, 2.24) is 4.98 Å². The van der Waals surface area contributed by atoms with Crippen molar-refractivity contribution in [3.63, 3.8) is 0 Å². The SMILES string of the molecule is N#Cc1ccc(-c2cnc(CNc3ccc(F)c(Br)c3)o2)cc1. The molecule has 114 valence electrons. The van der Waals surface area contributed by atoms with Crippen molar-refractivity contribution in [2.75, 3.05) is 5.32 Å². The van der Waals surface area contributed by atoms with Gasteiger partial charge in [-0.25, -0.2) is 9.37 Å². The maximum Gasteiger partial charge on any atom is 0.214 e. The summed E-state index contributed by atoms with van der Waals surface area (Å²) in [5.74, 6) is 0.839. The predicted molar refractivity (Wildman–Crippen MR) is 88.1 cm³/mol. The second-order valence-electron chi connectivity index (χ2n) is 4.79. The summed E-state index contributed by atoms with van der Waals surface area (Å²) in [7, 11) is 0. The topological polar surface area (TPSA) is 61.9 Å². The molecule has 0 saturated heterocycles. The predicted octanol–water partition coefficient (Wildman–Crippen LogP) is 4.73. The second kappa shape index (κ2) is 6.63. The van der Waals surface area contributed by atoms with Gasteiger partial charge in [0.25, 0.3) is 0 Å². The van der Waals surface area contributed by atoms with Crippen molar-refractivity contribution in [3.05, 3.63) is 70.4 Å². The Balaban J connectivity index is 1.69. The van der Waals surface area contributed by atoms with Crippen LogP contribution in [0.1, 0.15) is 11.5 Å². The highest BCUT2D eigenvalue weighted by Gasteiger charge is 2.07. The third-order valence-electron chi connectivity index (χ3n) is 3.22. The Hall–Kier alpha value is -2.65. The molecule has 0 radical (unpaired) electrons. The smallest absolute Gasteiger partial charge is 0.214 e. The van der Waals surface area contributed by atoms with E-state index in [1.807, 2.05) is 12.1 Å². The third-order valence-corrected chi connectivity index (χ3v) is 3.82. The molecule has 3 aromatic rings. The van der Waals surface area contributed by atoms with Crippen molar-refractivity contribution in [1.29, 1.82) is 5.26 Å². The zero-order chi connectivity index (χ0) is 16.2. The lowest BCUT2D eigenvalue weighted by atomic mass is 10.1. The summed E-state index contributed by atoms with van der Waals surface area (Å²) in [5, 5.41) is 11.9. The molecule has 0 saturated carbocycles. The van der Waals surface area contributed by atoms with E-state index in [1.165, 1.54) is 6.07 Å². The summed E-state index contributed by atoms with van der Waals surface area (Å²) >= 11 is 3.14. The Morgan fingerprint density at radius 3 is 2.70 bits per heavy atom. The number of rotatable bonds is 4. The van der Waals surface area contributed by atoms with Crippen LogP contribution >= 0.6 is 15.9 Å². The molecule has 0 amide bonds. The fraction of sp³-hybridized carbons (Fsp3) is 0.0588. The first-order valence-corrected chi connectivity index (χ1v) is 7.59. The number of benzene rings is 2. The van der Waals surface area contributed by atoms with Crippen LogP contribution in [0.4, 0.5) is 10.1 Å². The van der Waals surface area contributed by atoms with Gasteiger partial charge >= 0.3 is 0 Å². The number of hydrogen-bond donors (Lipinski definition) is 1. The molecule has 3 rings (SSSR count). The number of nitrogens with zero attached hydrogens (tertiary/aromatic N) is 2. The quantitative estimate of drug-likeness (QED) is 0.720. The summed E-state index contributed by atoms with van der Waals surface area (Å²) in [4.78, 5) is 4.21. The molecule has 0 unspecified atom stereocenters. The molecule has 4 nitrogen and oxygen atoms in total. The molecule has 0 aliphatic carbocycles. The third kappa shape index (κ3) is 3.58. The number of halogens is 2. The fourth-order valence-corrected chi connectivity index (χ4v) is 2.40. The van der Waals surface area contributed by atoms with E-state index in [-0.39, 0.29) is 5.82 Å². The van der Waals surface area contributed by atoms with Gasteiger partial charge in [0, 0.05) is 11.3 Å². The molecule has 1 heterocycles. The van der Waals surface area contributed by atoms with Crippen LogP contribution in [0.5, 0.6) is 0 Å². The molecule has 0 atom stereocenters. The van der Waals surface area contributed by atoms with Crippen LogP contribution in [0, 0.1) is 17.1 Å². The van der Waals surface area contributed by atoms with Crippen LogP contribution in [-0.4, -0.2) is 4.98 Å². The van der Waals surface area contributed by atoms with Crippen molar-refractivity contribution < 1.29 is 8.81 Å². The second-order valence-corrected chi connectivity index (χ2v) is 5.64. The Kier molecular flexibility index (Phi) is 4.40. The fourth-order valence-electron chi connectivity index (χ4n) is 2.02. The lowest BCUT2D eigenvalue weighted by molar-refractivity contribution is 0.516. The molecule has 2 aromatic carbocycles. The summed E-state index contributed by atoms with van der Waals surface area (Å²) in [6.45, 7) is 0.383. The number of aromatic nitrogens is 1. The number of oxazole rings is 1. The van der Waals surface area contributed by atoms with Gasteiger partial charge in [-0.05, 0) is 58.4 Å². The van der Waals surface area contributed by atoms with E-state index >= 15 is 0 Å². The lowest BCUT2D eigenvalue weighted by Crippen LogP contribution is -1.99. The zero-order valence-electron chi connectivity index (χ0n) is 11.9. The van der Waals surface area contributed by atoms with Crippen molar-refractivity contribution in [3.8, 4) is 17.4 Å². The first kappa shape index (κ1) is 15.3. The minimum atomic E-state index is -0.310. The Bertz CT molecular complexity index is 868. The van der Waals surface area contributed by atoms with Crippen molar-refractivity contribution in [2.45, 2.75) is 6.54 Å². The highest BCUT2D eigenvalue weighted by molar-refractivity contribution is 9.10. The first-order chi connectivity index (χ1) is 11.2. The molecular weight excluding hydrogens is 361 g/mol. The maximum absolute atomic E-state index is 13.2. The van der Waals surface area contributed by atoms with Gasteiger partial charge in [-0.3, -0.25) is 0 Å². The van der Waals surface area contributed by atoms with Gasteiger partial charge < -0.3 is 9.73 Å². The Morgan fingerprint density at radius 1 is 1.22 bits per heavy atom. The maximum atomic E-state index is 13.2. The van der Waals surface area contributed by atoms with Gasteiger partial charge in [-0.15, -0.1) is 0 Å². The van der Waals surface area contributed by atoms with Crippen molar-refractivity contribution >= 4 is 21.6 Å². The van der Waals surface area contributed by atoms with Gasteiger partial charge in [-0.1, -0.05) is 0 Å². The van der Waals surface area contributed by atoms with Gasteiger partial charge in [0.2, 0.25) is 5.89 Å². The van der Waals surface area contributed by atoms with E-state index in [1.54, 1.807) is 30.5 Å². The van der Waals surface area contributed by atoms with E-state index in [2.05, 4.69) is 32.3 Å². The molecule has 6 heteroatoms. The molecule has 0 aliphatic rings. The molecule has 0 fully saturated rings. The average molecular weight is 372 g/mol. The highest BCUT2D eigenvalue weighted by Crippen LogP contribution is 2.23. The summed E-state index contributed by atoms with van der Waals surface area (Å²) in [6.07, 6.45) is 1.64. The van der Waals surface area contributed by atoms with Gasteiger partial charge in [-0.2, -0.15) is 5.26 Å². The molecular formula is C17H11BrFN3O. The van der Waals surface area contributed by atoms with Crippen LogP contribution in [0.25, 0.3) is 11.3 Å². The van der Waals surface area contributed by atoms with E-state index < -0.39 is 0 Å². The molecule has 0 spiro atoms. The number of nitrogens with one attached hydrogen (secondary N) is 1. The summed E-state index contributed by atoms with van der Waals surface area (Å²) in [5.41, 5.74) is 2.21. The average Bonchev–Trinajstić information content (AvgIpc) is 3.05. The van der Waals surface area contributed by atoms with E-state index in [4.69, 9.17) is 9.68 Å². The van der Waals surface area contributed by atoms with Crippen LogP contribution in [-0.2, 0) is 6.54 Å². The van der Waals surface area contributed by atoms with E-state index in [0.29, 0.717) is 28.2 Å². The minimum absolute atomic E-state index is 0.310. The van der Waals surface area contributed by atoms with Gasteiger partial charge in [0.05, 0.1) is 28.8 Å². The molecule has 1 N–H and O–H groups in total. The van der Waals surface area contributed by atoms with Crippen molar-refractivity contribution in [2.24, 2.45) is 0 Å². The number of anilines is 1. The molecule has 1 aromatic heterocycles. The number of nitriles is 1. The largest absolute Gasteiger partial charge is 0.439 e. The van der Waals surface area contributed by atoms with E-state index in [0.717, 1.165) is 11.3 Å². The minimum Gasteiger partial charge on any atom is -0.439 e. The zero-order valence-corrected chi connectivity index (χ0v) is 13.5. The van der Waals surface area contributed by atoms with Gasteiger partial charge in [0.15, 0.2) is 5.76 Å². The summed E-state index contributed by atoms with van der Waals surface area (Å²) < 4.78 is 19.3. The standard InChI is InChI=1S/C17H11BrFN3O/c18-14-7-13(5-6-15(14)19)21-10-17-22-9-16(23-17)12-3-1-11(8-20)2-4-12/h1-7,9,21H,10H2. The highest BCUT2D eigenvalue weighted by atomic mass is 79.9. The van der Waals surface area contributed by atoms with Crippen LogP contribution in [0.3, 0.4) is 0 Å². The lowest BCUT2D eigenvalue weighted by Gasteiger charge is -2.04. The molecule has 0 bridgehead atoms. The van der Waals surface area contributed by atoms with Gasteiger partial charge in [0.1, 0.15) is 5.82 Å². The van der Waals surface area contributed by atoms with Crippen LogP contribution < -0.4 is 5.32 Å². The first-order valence-electron chi connectivity index (χ1n) is 6.80. The number of hydrogen-bond acceptors (Lipinski definition) is 4. The normalized spacial score (nSPS) is 10.3. The van der Waals surface area contributed by atoms with E-state index in [9.17, 15) is 4.39 Å². The molecule has 23 heavy (non-hydrogen) atoms. The Labute approximate surface area is 140 Å².